The van der Waals surface area contributed by atoms with Gasteiger partial charge in [0.05, 0.1) is 0 Å². The Hall–Kier alpha value is -0.630. The van der Waals surface area contributed by atoms with Crippen LogP contribution in [0.2, 0.25) is 0 Å². The summed E-state index contributed by atoms with van der Waals surface area (Å²) in [6.45, 7) is 4.78. The molecule has 3 fully saturated rings. The van der Waals surface area contributed by atoms with Crippen LogP contribution in [0.1, 0.15) is 71.6 Å². The van der Waals surface area contributed by atoms with Gasteiger partial charge in [-0.2, -0.15) is 0 Å². The molecule has 4 aliphatic rings. The van der Waals surface area contributed by atoms with Crippen LogP contribution in [0, 0.1) is 29.1 Å². The minimum absolute atomic E-state index is 0.0309. The summed E-state index contributed by atoms with van der Waals surface area (Å²) in [5, 5.41) is 0. The molecule has 0 aromatic rings. The fourth-order valence-electron chi connectivity index (χ4n) is 6.66. The molecule has 0 radical (unpaired) electrons. The van der Waals surface area contributed by atoms with E-state index in [2.05, 4.69) is 13.8 Å². The van der Waals surface area contributed by atoms with Gasteiger partial charge in [0, 0.05) is 12.0 Å². The lowest BCUT2D eigenvalue weighted by atomic mass is 9.50. The molecule has 0 aliphatic heterocycles. The standard InChI is InChI=1S/C20H31NO/c1-3-4-15-12-19(15)9-8-18-17-6-5-16(22)11-14(17)7-10-20(18,21)13(19)2/h11,13,15,17-18H,3-10,12,21H2,1-2H3. The first-order valence-electron chi connectivity index (χ1n) is 9.53. The summed E-state index contributed by atoms with van der Waals surface area (Å²) in [5.74, 6) is 3.19. The second-order valence-electron chi connectivity index (χ2n) is 8.73. The maximum Gasteiger partial charge on any atom is 0.155 e. The van der Waals surface area contributed by atoms with Crippen LogP contribution in [0.15, 0.2) is 11.6 Å². The Balaban J connectivity index is 1.60. The van der Waals surface area contributed by atoms with Crippen molar-refractivity contribution in [3.8, 4) is 0 Å². The van der Waals surface area contributed by atoms with E-state index in [1.807, 2.05) is 6.08 Å². The van der Waals surface area contributed by atoms with Gasteiger partial charge in [0.15, 0.2) is 5.78 Å². The molecule has 6 unspecified atom stereocenters. The van der Waals surface area contributed by atoms with E-state index in [-0.39, 0.29) is 5.54 Å². The number of hydrogen-bond donors (Lipinski definition) is 1. The molecule has 0 heterocycles. The minimum atomic E-state index is 0.0309. The van der Waals surface area contributed by atoms with E-state index in [9.17, 15) is 4.79 Å². The smallest absolute Gasteiger partial charge is 0.155 e. The number of carbonyl (C=O) groups is 1. The number of nitrogens with two attached hydrogens (primary N) is 1. The average Bonchev–Trinajstić information content (AvgIpc) is 3.18. The average molecular weight is 301 g/mol. The molecule has 122 valence electrons. The number of hydrogen-bond acceptors (Lipinski definition) is 2. The quantitative estimate of drug-likeness (QED) is 0.829. The van der Waals surface area contributed by atoms with Crippen molar-refractivity contribution in [2.45, 2.75) is 77.2 Å². The van der Waals surface area contributed by atoms with Crippen molar-refractivity contribution in [3.05, 3.63) is 11.6 Å². The van der Waals surface area contributed by atoms with Gasteiger partial charge in [-0.25, -0.2) is 0 Å². The maximum atomic E-state index is 11.7. The van der Waals surface area contributed by atoms with Gasteiger partial charge in [0.1, 0.15) is 0 Å². The molecule has 2 heteroatoms. The molecule has 0 aromatic carbocycles. The van der Waals surface area contributed by atoms with Crippen LogP contribution in [-0.4, -0.2) is 11.3 Å². The van der Waals surface area contributed by atoms with Gasteiger partial charge in [-0.1, -0.05) is 32.3 Å². The number of rotatable bonds is 2. The Morgan fingerprint density at radius 1 is 1.27 bits per heavy atom. The summed E-state index contributed by atoms with van der Waals surface area (Å²) in [4.78, 5) is 11.7. The molecule has 0 saturated heterocycles. The van der Waals surface area contributed by atoms with Crippen LogP contribution in [-0.2, 0) is 4.79 Å². The SMILES string of the molecule is CCCC1CC12CCC1C3CCC(=O)C=C3CCC1(N)C2C. The van der Waals surface area contributed by atoms with Gasteiger partial charge >= 0.3 is 0 Å². The van der Waals surface area contributed by atoms with Crippen molar-refractivity contribution < 1.29 is 4.79 Å². The van der Waals surface area contributed by atoms with E-state index in [0.29, 0.717) is 29.0 Å². The van der Waals surface area contributed by atoms with E-state index >= 15 is 0 Å². The van der Waals surface area contributed by atoms with Gasteiger partial charge in [-0.05, 0) is 73.7 Å². The van der Waals surface area contributed by atoms with Crippen molar-refractivity contribution in [3.63, 3.8) is 0 Å². The molecule has 22 heavy (non-hydrogen) atoms. The van der Waals surface area contributed by atoms with Crippen LogP contribution in [0.5, 0.6) is 0 Å². The van der Waals surface area contributed by atoms with E-state index in [1.54, 1.807) is 0 Å². The van der Waals surface area contributed by atoms with Crippen molar-refractivity contribution in [2.24, 2.45) is 34.8 Å². The van der Waals surface area contributed by atoms with Crippen LogP contribution >= 0.6 is 0 Å². The highest BCUT2D eigenvalue weighted by Crippen LogP contribution is 2.70. The fourth-order valence-corrected chi connectivity index (χ4v) is 6.66. The molecule has 6 atom stereocenters. The number of allylic oxidation sites excluding steroid dienone is 2. The largest absolute Gasteiger partial charge is 0.325 e. The Morgan fingerprint density at radius 2 is 2.09 bits per heavy atom. The second kappa shape index (κ2) is 4.93. The first kappa shape index (κ1) is 14.9. The first-order valence-corrected chi connectivity index (χ1v) is 9.53. The van der Waals surface area contributed by atoms with Crippen LogP contribution in [0.25, 0.3) is 0 Å². The van der Waals surface area contributed by atoms with Crippen molar-refractivity contribution in [2.75, 3.05) is 0 Å². The number of ketones is 1. The van der Waals surface area contributed by atoms with Crippen LogP contribution < -0.4 is 5.73 Å². The van der Waals surface area contributed by atoms with Gasteiger partial charge in [0.25, 0.3) is 0 Å². The monoisotopic (exact) mass is 301 g/mol. The van der Waals surface area contributed by atoms with E-state index in [0.717, 1.165) is 31.6 Å². The molecule has 0 amide bonds. The molecule has 0 bridgehead atoms. The molecule has 3 saturated carbocycles. The highest BCUT2D eigenvalue weighted by molar-refractivity contribution is 5.91. The Morgan fingerprint density at radius 3 is 2.86 bits per heavy atom. The van der Waals surface area contributed by atoms with Gasteiger partial charge in [0.2, 0.25) is 0 Å². The topological polar surface area (TPSA) is 43.1 Å². The molecular formula is C20H31NO. The molecule has 4 rings (SSSR count). The predicted octanol–water partition coefficient (Wildman–Crippen LogP) is 4.24. The van der Waals surface area contributed by atoms with E-state index < -0.39 is 0 Å². The molecule has 0 aromatic heterocycles. The fraction of sp³-hybridized carbons (Fsp3) is 0.850. The summed E-state index contributed by atoms with van der Waals surface area (Å²) in [6, 6.07) is 0. The lowest BCUT2D eigenvalue weighted by Crippen LogP contribution is -2.62. The number of fused-ring (bicyclic) bond motifs is 3. The summed E-state index contributed by atoms with van der Waals surface area (Å²) >= 11 is 0. The lowest BCUT2D eigenvalue weighted by Gasteiger charge is -2.57. The summed E-state index contributed by atoms with van der Waals surface area (Å²) in [7, 11) is 0. The van der Waals surface area contributed by atoms with Crippen LogP contribution in [0.4, 0.5) is 0 Å². The van der Waals surface area contributed by atoms with Crippen LogP contribution in [0.3, 0.4) is 0 Å². The lowest BCUT2D eigenvalue weighted by molar-refractivity contribution is -0.116. The second-order valence-corrected chi connectivity index (χ2v) is 8.73. The Bertz CT molecular complexity index is 524. The van der Waals surface area contributed by atoms with Gasteiger partial charge in [-0.15, -0.1) is 0 Å². The zero-order valence-corrected chi connectivity index (χ0v) is 14.2. The number of carbonyl (C=O) groups excluding carboxylic acids is 1. The third kappa shape index (κ3) is 1.92. The predicted molar refractivity (Wildman–Crippen MR) is 89.3 cm³/mol. The Kier molecular flexibility index (Phi) is 3.35. The third-order valence-corrected chi connectivity index (χ3v) is 8.05. The van der Waals surface area contributed by atoms with Gasteiger partial charge < -0.3 is 5.73 Å². The molecule has 2 N–H and O–H groups in total. The normalized spacial score (nSPS) is 50.3. The molecule has 1 spiro atoms. The van der Waals surface area contributed by atoms with Crippen molar-refractivity contribution in [1.29, 1.82) is 0 Å². The molecule has 2 nitrogen and oxygen atoms in total. The third-order valence-electron chi connectivity index (χ3n) is 8.05. The zero-order valence-electron chi connectivity index (χ0n) is 14.2. The zero-order chi connectivity index (χ0) is 15.5. The first-order chi connectivity index (χ1) is 10.5. The van der Waals surface area contributed by atoms with Crippen molar-refractivity contribution in [1.82, 2.24) is 0 Å². The Labute approximate surface area is 134 Å². The van der Waals surface area contributed by atoms with E-state index in [1.165, 1.54) is 37.7 Å². The maximum absolute atomic E-state index is 11.7. The highest BCUT2D eigenvalue weighted by Gasteiger charge is 2.65. The molecule has 4 aliphatic carbocycles. The highest BCUT2D eigenvalue weighted by atomic mass is 16.1. The summed E-state index contributed by atoms with van der Waals surface area (Å²) in [6.07, 6.45) is 12.8. The van der Waals surface area contributed by atoms with E-state index in [4.69, 9.17) is 5.73 Å². The van der Waals surface area contributed by atoms with Crippen molar-refractivity contribution >= 4 is 5.78 Å². The summed E-state index contributed by atoms with van der Waals surface area (Å²) in [5.41, 5.74) is 9.16. The summed E-state index contributed by atoms with van der Waals surface area (Å²) < 4.78 is 0. The minimum Gasteiger partial charge on any atom is -0.325 e. The molecular weight excluding hydrogens is 270 g/mol. The van der Waals surface area contributed by atoms with Gasteiger partial charge in [-0.3, -0.25) is 4.79 Å².